The summed E-state index contributed by atoms with van der Waals surface area (Å²) < 4.78 is 29.4. The summed E-state index contributed by atoms with van der Waals surface area (Å²) >= 11 is 0. The van der Waals surface area contributed by atoms with Crippen molar-refractivity contribution in [2.24, 2.45) is 17.6 Å². The second-order valence-corrected chi connectivity index (χ2v) is 12.9. The number of nitrogens with zero attached hydrogens (tertiary/aromatic N) is 1. The fourth-order valence-electron chi connectivity index (χ4n) is 5.74. The van der Waals surface area contributed by atoms with E-state index in [0.29, 0.717) is 45.4 Å². The summed E-state index contributed by atoms with van der Waals surface area (Å²) in [5, 5.41) is 5.97. The fraction of sp³-hybridized carbons (Fsp3) is 0.808. The van der Waals surface area contributed by atoms with Crippen LogP contribution in [-0.2, 0) is 32.3 Å². The lowest BCUT2D eigenvalue weighted by atomic mass is 9.73. The standard InChI is InChI=1S/C26H46N4O8Si/c1-5-35-39(36-6-2,37-7-3)18-10-17-30-22(31)20-21(23(30)32)26(12-11-25(20,4)38-26)19-34-24(33)29-16-9-15-28-14-8-13-27/h11-12,20-21,28H,5-10,13-19,27H2,1-4H3,(H,29,33). The van der Waals surface area contributed by atoms with Crippen molar-refractivity contribution in [3.8, 4) is 0 Å². The van der Waals surface area contributed by atoms with Gasteiger partial charge in [-0.05, 0) is 72.7 Å². The highest BCUT2D eigenvalue weighted by Gasteiger charge is 2.72. The van der Waals surface area contributed by atoms with E-state index in [1.54, 1.807) is 13.0 Å². The minimum absolute atomic E-state index is 0.150. The first-order valence-electron chi connectivity index (χ1n) is 14.2. The van der Waals surface area contributed by atoms with Gasteiger partial charge in [0.1, 0.15) is 12.2 Å². The minimum atomic E-state index is -2.89. The third-order valence-electron chi connectivity index (χ3n) is 7.39. The van der Waals surface area contributed by atoms with Crippen molar-refractivity contribution in [1.29, 1.82) is 0 Å². The molecule has 2 bridgehead atoms. The van der Waals surface area contributed by atoms with E-state index in [-0.39, 0.29) is 25.0 Å². The highest BCUT2D eigenvalue weighted by molar-refractivity contribution is 6.60. The quantitative estimate of drug-likeness (QED) is 0.0894. The molecular weight excluding hydrogens is 524 g/mol. The van der Waals surface area contributed by atoms with Crippen LogP contribution in [0.3, 0.4) is 0 Å². The molecule has 3 aliphatic rings. The summed E-state index contributed by atoms with van der Waals surface area (Å²) in [5.41, 5.74) is 3.37. The zero-order valence-corrected chi connectivity index (χ0v) is 24.8. The monoisotopic (exact) mass is 570 g/mol. The number of nitrogens with two attached hydrogens (primary N) is 1. The van der Waals surface area contributed by atoms with Gasteiger partial charge in [-0.1, -0.05) is 6.08 Å². The largest absolute Gasteiger partial charge is 0.500 e. The molecule has 0 aromatic heterocycles. The Morgan fingerprint density at radius 3 is 2.28 bits per heavy atom. The van der Waals surface area contributed by atoms with E-state index in [4.69, 9.17) is 28.5 Å². The molecule has 0 radical (unpaired) electrons. The summed E-state index contributed by atoms with van der Waals surface area (Å²) in [7, 11) is -2.89. The highest BCUT2D eigenvalue weighted by atomic mass is 28.4. The molecule has 4 unspecified atom stereocenters. The molecule has 3 heterocycles. The molecule has 3 rings (SSSR count). The smallest absolute Gasteiger partial charge is 0.446 e. The van der Waals surface area contributed by atoms with E-state index < -0.39 is 37.9 Å². The number of carbonyl (C=O) groups is 3. The Kier molecular flexibility index (Phi) is 11.5. The van der Waals surface area contributed by atoms with Gasteiger partial charge in [-0.2, -0.15) is 0 Å². The molecule has 2 fully saturated rings. The van der Waals surface area contributed by atoms with Gasteiger partial charge < -0.3 is 39.1 Å². The van der Waals surface area contributed by atoms with E-state index >= 15 is 0 Å². The van der Waals surface area contributed by atoms with Crippen LogP contribution in [0.1, 0.15) is 47.0 Å². The average Bonchev–Trinajstić information content (AvgIpc) is 3.48. The number of ether oxygens (including phenoxy) is 2. The van der Waals surface area contributed by atoms with E-state index in [9.17, 15) is 14.4 Å². The van der Waals surface area contributed by atoms with Gasteiger partial charge in [0.05, 0.1) is 17.4 Å². The van der Waals surface area contributed by atoms with Crippen molar-refractivity contribution in [3.63, 3.8) is 0 Å². The highest BCUT2D eigenvalue weighted by Crippen LogP contribution is 2.57. The van der Waals surface area contributed by atoms with Crippen LogP contribution in [0.5, 0.6) is 0 Å². The number of amides is 3. The maximum Gasteiger partial charge on any atom is 0.500 e. The molecule has 0 aromatic rings. The first-order chi connectivity index (χ1) is 18.7. The Labute approximate surface area is 232 Å². The van der Waals surface area contributed by atoms with Crippen LogP contribution in [0.15, 0.2) is 12.2 Å². The number of hydrogen-bond acceptors (Lipinski definition) is 10. The normalized spacial score (nSPS) is 27.5. The number of alkyl carbamates (subject to hydrolysis) is 1. The Morgan fingerprint density at radius 1 is 1.00 bits per heavy atom. The first-order valence-corrected chi connectivity index (χ1v) is 16.1. The lowest BCUT2D eigenvalue weighted by Crippen LogP contribution is -2.47. The minimum Gasteiger partial charge on any atom is -0.446 e. The van der Waals surface area contributed by atoms with Crippen molar-refractivity contribution < 1.29 is 37.1 Å². The van der Waals surface area contributed by atoms with Crippen LogP contribution < -0.4 is 16.4 Å². The molecule has 0 spiro atoms. The number of imide groups is 1. The Morgan fingerprint density at radius 2 is 1.64 bits per heavy atom. The summed E-state index contributed by atoms with van der Waals surface area (Å²) in [6, 6.07) is 0.498. The van der Waals surface area contributed by atoms with E-state index in [1.165, 1.54) is 4.90 Å². The van der Waals surface area contributed by atoms with Crippen LogP contribution in [0.4, 0.5) is 4.79 Å². The van der Waals surface area contributed by atoms with Gasteiger partial charge in [-0.25, -0.2) is 4.79 Å². The van der Waals surface area contributed by atoms with Crippen molar-refractivity contribution in [2.75, 3.05) is 59.2 Å². The summed E-state index contributed by atoms with van der Waals surface area (Å²) in [6.07, 6.45) is 5.15. The molecule has 0 aromatic carbocycles. The molecule has 0 aliphatic carbocycles. The van der Waals surface area contributed by atoms with Crippen LogP contribution in [-0.4, -0.2) is 102 Å². The molecule has 39 heavy (non-hydrogen) atoms. The Hall–Kier alpha value is -1.87. The lowest BCUT2D eigenvalue weighted by molar-refractivity contribution is -0.148. The first kappa shape index (κ1) is 31.7. The van der Waals surface area contributed by atoms with E-state index in [1.807, 2.05) is 26.8 Å². The van der Waals surface area contributed by atoms with E-state index in [2.05, 4.69) is 10.6 Å². The molecule has 2 saturated heterocycles. The van der Waals surface area contributed by atoms with Crippen molar-refractivity contribution in [2.45, 2.75) is 64.2 Å². The number of hydrogen-bond donors (Lipinski definition) is 3. The van der Waals surface area contributed by atoms with Crippen LogP contribution in [0, 0.1) is 11.8 Å². The van der Waals surface area contributed by atoms with Gasteiger partial charge in [0.2, 0.25) is 11.8 Å². The molecule has 4 N–H and O–H groups in total. The fourth-order valence-corrected chi connectivity index (χ4v) is 8.34. The molecule has 222 valence electrons. The van der Waals surface area contributed by atoms with Crippen molar-refractivity contribution in [3.05, 3.63) is 12.2 Å². The Bertz CT molecular complexity index is 875. The number of fused-ring (bicyclic) bond motifs is 5. The lowest BCUT2D eigenvalue weighted by Gasteiger charge is -2.30. The molecule has 12 nitrogen and oxygen atoms in total. The average molecular weight is 571 g/mol. The second kappa shape index (κ2) is 14.2. The predicted octanol–water partition coefficient (Wildman–Crippen LogP) is 1.18. The molecular formula is C26H46N4O8Si. The van der Waals surface area contributed by atoms with Gasteiger partial charge >= 0.3 is 14.9 Å². The van der Waals surface area contributed by atoms with Gasteiger partial charge in [0.15, 0.2) is 0 Å². The van der Waals surface area contributed by atoms with Crippen molar-refractivity contribution in [1.82, 2.24) is 15.5 Å². The Balaban J connectivity index is 1.56. The number of rotatable bonds is 19. The maximum absolute atomic E-state index is 13.6. The molecule has 3 amide bonds. The van der Waals surface area contributed by atoms with E-state index in [0.717, 1.165) is 25.9 Å². The SMILES string of the molecule is CCO[Si](CCCN1C(=O)C2C(C1=O)C1(COC(=O)NCCCNCCCN)C=CC2(C)O1)(OCC)OCC. The topological polar surface area (TPSA) is 151 Å². The zero-order valence-electron chi connectivity index (χ0n) is 23.8. The summed E-state index contributed by atoms with van der Waals surface area (Å²) in [6.45, 7) is 11.6. The van der Waals surface area contributed by atoms with Crippen LogP contribution >= 0.6 is 0 Å². The van der Waals surface area contributed by atoms with Gasteiger partial charge in [0.25, 0.3) is 0 Å². The summed E-state index contributed by atoms with van der Waals surface area (Å²) in [5.74, 6) is -1.97. The molecule has 0 saturated carbocycles. The van der Waals surface area contributed by atoms with Crippen LogP contribution in [0.2, 0.25) is 6.04 Å². The number of likely N-dealkylation sites (tertiary alicyclic amines) is 1. The molecule has 4 atom stereocenters. The third kappa shape index (κ3) is 7.07. The molecule has 13 heteroatoms. The number of nitrogens with one attached hydrogen (secondary N) is 2. The molecule has 3 aliphatic heterocycles. The predicted molar refractivity (Wildman–Crippen MR) is 146 cm³/mol. The van der Waals surface area contributed by atoms with Gasteiger partial charge in [-0.3, -0.25) is 14.5 Å². The third-order valence-corrected chi connectivity index (χ3v) is 10.5. The zero-order chi connectivity index (χ0) is 28.5. The summed E-state index contributed by atoms with van der Waals surface area (Å²) in [4.78, 5) is 40.7. The van der Waals surface area contributed by atoms with Crippen molar-refractivity contribution >= 4 is 26.7 Å². The maximum atomic E-state index is 13.6. The number of carbonyl (C=O) groups excluding carboxylic acids is 3. The van der Waals surface area contributed by atoms with Crippen LogP contribution in [0.25, 0.3) is 0 Å². The second-order valence-electron chi connectivity index (χ2n) is 10.2. The van der Waals surface area contributed by atoms with Gasteiger partial charge in [-0.15, -0.1) is 0 Å². The van der Waals surface area contributed by atoms with Gasteiger partial charge in [0, 0.05) is 39.0 Å².